The Morgan fingerprint density at radius 3 is 2.25 bits per heavy atom. The summed E-state index contributed by atoms with van der Waals surface area (Å²) in [6, 6.07) is 0. The molecule has 1 amide bonds. The zero-order valence-electron chi connectivity index (χ0n) is 35.1. The Kier molecular flexibility index (Phi) is 14.0. The number of esters is 1. The number of rotatable bonds is 5. The second-order valence-electron chi connectivity index (χ2n) is 16.2. The predicted octanol–water partition coefficient (Wildman–Crippen LogP) is 6.44. The third-order valence-electron chi connectivity index (χ3n) is 12.0. The first-order chi connectivity index (χ1) is 27.8. The third-order valence-corrected chi connectivity index (χ3v) is 12.0. The number of amides is 1. The van der Waals surface area contributed by atoms with Gasteiger partial charge in [-0.05, 0) is 45.6 Å². The Labute approximate surface area is 344 Å². The molecule has 0 unspecified atom stereocenters. The molecular formula is C44H58N2O13. The minimum absolute atomic E-state index is 0.0450. The molecule has 0 spiro atoms. The summed E-state index contributed by atoms with van der Waals surface area (Å²) in [7, 11) is 1.43. The number of oxime groups is 1. The Morgan fingerprint density at radius 2 is 1.61 bits per heavy atom. The number of hydrogen-bond donors (Lipinski definition) is 6. The van der Waals surface area contributed by atoms with Gasteiger partial charge in [-0.25, -0.2) is 0 Å². The molecule has 2 aromatic carbocycles. The molecule has 2 aromatic rings. The zero-order chi connectivity index (χ0) is 43.5. The highest BCUT2D eigenvalue weighted by Gasteiger charge is 2.50. The number of anilines is 1. The molecule has 15 nitrogen and oxygen atoms in total. The molecule has 1 saturated carbocycles. The van der Waals surface area contributed by atoms with Crippen molar-refractivity contribution in [1.29, 1.82) is 0 Å². The number of aromatic hydroxyl groups is 3. The number of Topliss-reactive ketones (excluding diaryl/α,β-unsaturated/α-hetero) is 1. The predicted molar refractivity (Wildman–Crippen MR) is 219 cm³/mol. The van der Waals surface area contributed by atoms with Crippen LogP contribution in [-0.4, -0.2) is 92.8 Å². The molecule has 59 heavy (non-hydrogen) atoms. The summed E-state index contributed by atoms with van der Waals surface area (Å²) in [6.07, 6.45) is 9.03. The molecular weight excluding hydrogens is 764 g/mol. The van der Waals surface area contributed by atoms with Gasteiger partial charge in [-0.1, -0.05) is 57.5 Å². The van der Waals surface area contributed by atoms with Crippen LogP contribution in [0.4, 0.5) is 5.69 Å². The Hall–Kier alpha value is -5.12. The van der Waals surface area contributed by atoms with Crippen LogP contribution in [-0.2, 0) is 28.6 Å². The van der Waals surface area contributed by atoms with Gasteiger partial charge in [-0.2, -0.15) is 0 Å². The summed E-state index contributed by atoms with van der Waals surface area (Å²) < 4.78 is 23.6. The highest BCUT2D eigenvalue weighted by atomic mass is 16.7. The van der Waals surface area contributed by atoms with Gasteiger partial charge in [0.2, 0.25) is 0 Å². The van der Waals surface area contributed by atoms with E-state index in [1.54, 1.807) is 39.8 Å². The van der Waals surface area contributed by atoms with E-state index in [9.17, 15) is 39.9 Å². The fraction of sp³-hybridized carbons (Fsp3) is 0.545. The van der Waals surface area contributed by atoms with Crippen LogP contribution in [0, 0.1) is 30.6 Å². The first kappa shape index (κ1) is 45.0. The molecule has 1 aliphatic carbocycles. The number of nitrogens with one attached hydrogen (secondary N) is 1. The topological polar surface area (TPSA) is 223 Å². The maximum atomic E-state index is 14.4. The second-order valence-corrected chi connectivity index (χ2v) is 16.2. The van der Waals surface area contributed by atoms with E-state index in [0.29, 0.717) is 0 Å². The number of phenolic OH excluding ortho intramolecular Hbond substituents is 3. The monoisotopic (exact) mass is 822 g/mol. The van der Waals surface area contributed by atoms with E-state index in [4.69, 9.17) is 23.8 Å². The summed E-state index contributed by atoms with van der Waals surface area (Å²) in [4.78, 5) is 46.2. The van der Waals surface area contributed by atoms with Crippen molar-refractivity contribution in [2.45, 2.75) is 124 Å². The van der Waals surface area contributed by atoms with E-state index in [1.807, 2.05) is 0 Å². The van der Waals surface area contributed by atoms with Crippen molar-refractivity contribution in [3.05, 3.63) is 52.8 Å². The van der Waals surface area contributed by atoms with E-state index in [1.165, 1.54) is 53.2 Å². The first-order valence-electron chi connectivity index (χ1n) is 20.1. The van der Waals surface area contributed by atoms with Crippen LogP contribution >= 0.6 is 0 Å². The minimum Gasteiger partial charge on any atom is -0.507 e. The van der Waals surface area contributed by atoms with Gasteiger partial charge < -0.3 is 54.6 Å². The maximum Gasteiger partial charge on any atom is 0.312 e. The number of hydrogen-bond acceptors (Lipinski definition) is 14. The quantitative estimate of drug-likeness (QED) is 0.0629. The van der Waals surface area contributed by atoms with E-state index in [2.05, 4.69) is 10.5 Å². The summed E-state index contributed by atoms with van der Waals surface area (Å²) in [5, 5.41) is 64.4. The number of fused-ring (bicyclic) bond motifs is 14. The number of ether oxygens (including phenoxy) is 4. The van der Waals surface area contributed by atoms with Crippen molar-refractivity contribution in [2.24, 2.45) is 28.8 Å². The molecule has 3 aliphatic heterocycles. The zero-order valence-corrected chi connectivity index (χ0v) is 35.1. The largest absolute Gasteiger partial charge is 0.507 e. The first-order valence-corrected chi connectivity index (χ1v) is 20.1. The lowest BCUT2D eigenvalue weighted by atomic mass is 9.78. The number of methoxy groups -OCH3 is 1. The number of aliphatic hydroxyl groups excluding tert-OH is 2. The molecule has 6 N–H and O–H groups in total. The molecule has 0 saturated heterocycles. The lowest BCUT2D eigenvalue weighted by Crippen LogP contribution is -2.46. The minimum atomic E-state index is -2.05. The van der Waals surface area contributed by atoms with Gasteiger partial charge in [0.05, 0.1) is 53.0 Å². The van der Waals surface area contributed by atoms with E-state index >= 15 is 0 Å². The van der Waals surface area contributed by atoms with E-state index in [0.717, 1.165) is 38.3 Å². The van der Waals surface area contributed by atoms with Crippen molar-refractivity contribution < 1.29 is 63.7 Å². The summed E-state index contributed by atoms with van der Waals surface area (Å²) in [5.74, 6) is -8.50. The van der Waals surface area contributed by atoms with Gasteiger partial charge in [0.15, 0.2) is 5.75 Å². The fourth-order valence-corrected chi connectivity index (χ4v) is 8.21. The van der Waals surface area contributed by atoms with E-state index < -0.39 is 88.8 Å². The molecule has 5 bridgehead atoms. The van der Waals surface area contributed by atoms with Crippen LogP contribution in [0.2, 0.25) is 0 Å². The number of allylic oxidation sites excluding steroid dienone is 2. The average molecular weight is 823 g/mol. The van der Waals surface area contributed by atoms with Crippen LogP contribution < -0.4 is 10.1 Å². The van der Waals surface area contributed by atoms with Gasteiger partial charge in [0.25, 0.3) is 11.7 Å². The van der Waals surface area contributed by atoms with Crippen molar-refractivity contribution >= 4 is 40.3 Å². The Balaban J connectivity index is 1.69. The number of carbonyl (C=O) groups is 3. The van der Waals surface area contributed by atoms with Crippen molar-refractivity contribution in [2.75, 3.05) is 12.4 Å². The molecule has 1 fully saturated rings. The molecule has 3 heterocycles. The lowest BCUT2D eigenvalue weighted by Gasteiger charge is -2.38. The van der Waals surface area contributed by atoms with Gasteiger partial charge in [0.1, 0.15) is 29.5 Å². The number of aliphatic hydroxyl groups is 2. The third kappa shape index (κ3) is 9.07. The summed E-state index contributed by atoms with van der Waals surface area (Å²) in [5.41, 5.74) is -0.511. The van der Waals surface area contributed by atoms with Crippen molar-refractivity contribution in [1.82, 2.24) is 0 Å². The normalized spacial score (nSPS) is 31.9. The molecule has 0 radical (unpaired) electrons. The standard InChI is InChI=1S/C44H58N2O13/c1-21-14-13-15-22(2)43(54)46-34-29(20-45-59-28-16-11-10-12-17-28)38(51)31-32(39(34)52)37(50)26(6)41-33(31)42(53)44(8,58-41)56-19-18-30(55-9)23(3)40(57-27(7)47)25(5)36(49)24(4)35(21)48/h13-15,18-21,23-25,28,30,35-36,40,48-52H,10-12,16-17H2,1-9H3,(H,46,54)/b14-13-,19-18-,22-15-,45-20+/t21-,23+,24+,25+,30-,35-,36+,40+,44-/m0/s1. The molecule has 9 atom stereocenters. The number of phenols is 3. The smallest absolute Gasteiger partial charge is 0.312 e. The number of ketones is 1. The van der Waals surface area contributed by atoms with Gasteiger partial charge >= 0.3 is 11.8 Å². The van der Waals surface area contributed by atoms with Crippen LogP contribution in [0.1, 0.15) is 102 Å². The Morgan fingerprint density at radius 1 is 0.932 bits per heavy atom. The van der Waals surface area contributed by atoms with Gasteiger partial charge in [0, 0.05) is 61.2 Å². The summed E-state index contributed by atoms with van der Waals surface area (Å²) in [6.45, 7) is 12.5. The second kappa shape index (κ2) is 18.4. The number of carbonyl (C=O) groups excluding carboxylic acids is 3. The van der Waals surface area contributed by atoms with Crippen LogP contribution in [0.3, 0.4) is 0 Å². The SMILES string of the molecule is CO[C@H]1/C=C\O[C@@]2(C)Oc3c(C)c(O)c4c(O)c(c(/C=N/OC5CCCCC5)c(O)c4c3C2=O)NC(=O)/C(C)=C\C=C/[C@H](C)[C@H](O)[C@@H](C)[C@@H](O)[C@@H](C)[C@H](OC(C)=O)[C@@H]1C. The number of nitrogens with zero attached hydrogens (tertiary/aromatic N) is 1. The highest BCUT2D eigenvalue weighted by molar-refractivity contribution is 6.23. The fourth-order valence-electron chi connectivity index (χ4n) is 8.21. The molecule has 4 aliphatic rings. The summed E-state index contributed by atoms with van der Waals surface area (Å²) >= 11 is 0. The Bertz CT molecular complexity index is 2050. The van der Waals surface area contributed by atoms with Crippen molar-refractivity contribution in [3.63, 3.8) is 0 Å². The molecule has 6 rings (SSSR count). The average Bonchev–Trinajstić information content (AvgIpc) is 3.47. The molecule has 0 aromatic heterocycles. The molecule has 15 heteroatoms. The molecule has 322 valence electrons. The van der Waals surface area contributed by atoms with Crippen LogP contribution in [0.5, 0.6) is 23.0 Å². The van der Waals surface area contributed by atoms with Crippen molar-refractivity contribution in [3.8, 4) is 23.0 Å². The number of benzene rings is 2. The van der Waals surface area contributed by atoms with Gasteiger partial charge in [-0.15, -0.1) is 0 Å². The highest BCUT2D eigenvalue weighted by Crippen LogP contribution is 2.55. The van der Waals surface area contributed by atoms with Crippen LogP contribution in [0.15, 0.2) is 41.3 Å². The maximum absolute atomic E-state index is 14.4. The van der Waals surface area contributed by atoms with Crippen LogP contribution in [0.25, 0.3) is 10.8 Å². The van der Waals surface area contributed by atoms with Gasteiger partial charge in [-0.3, -0.25) is 14.4 Å². The lowest BCUT2D eigenvalue weighted by molar-refractivity contribution is -0.160. The van der Waals surface area contributed by atoms with E-state index in [-0.39, 0.29) is 50.6 Å².